The lowest BCUT2D eigenvalue weighted by Crippen LogP contribution is -2.24. The zero-order valence-corrected chi connectivity index (χ0v) is 14.5. The first-order valence-electron chi connectivity index (χ1n) is 9.07. The van der Waals surface area contributed by atoms with Gasteiger partial charge in [0.25, 0.3) is 0 Å². The molecule has 0 aliphatic carbocycles. The van der Waals surface area contributed by atoms with Crippen LogP contribution in [0.4, 0.5) is 4.39 Å². The summed E-state index contributed by atoms with van der Waals surface area (Å²) in [7, 11) is 0. The first-order chi connectivity index (χ1) is 11.2. The van der Waals surface area contributed by atoms with Gasteiger partial charge in [0.15, 0.2) is 0 Å². The summed E-state index contributed by atoms with van der Waals surface area (Å²) in [5, 5.41) is 0. The van der Waals surface area contributed by atoms with Gasteiger partial charge in [0, 0.05) is 13.1 Å². The quantitative estimate of drug-likeness (QED) is 0.559. The molecule has 0 radical (unpaired) electrons. The zero-order valence-electron chi connectivity index (χ0n) is 14.5. The van der Waals surface area contributed by atoms with E-state index < -0.39 is 0 Å². The van der Waals surface area contributed by atoms with Gasteiger partial charge in [-0.1, -0.05) is 52.4 Å². The third-order valence-electron chi connectivity index (χ3n) is 4.45. The molecule has 0 aliphatic heterocycles. The maximum Gasteiger partial charge on any atom is 0.329 e. The second kappa shape index (κ2) is 8.90. The van der Waals surface area contributed by atoms with E-state index >= 15 is 0 Å². The second-order valence-corrected chi connectivity index (χ2v) is 6.34. The Balaban J connectivity index is 2.24. The van der Waals surface area contributed by atoms with Gasteiger partial charge >= 0.3 is 5.69 Å². The van der Waals surface area contributed by atoms with Gasteiger partial charge in [-0.3, -0.25) is 9.13 Å². The molecule has 0 saturated carbocycles. The van der Waals surface area contributed by atoms with Crippen molar-refractivity contribution >= 4 is 11.0 Å². The van der Waals surface area contributed by atoms with Crippen LogP contribution in [0.15, 0.2) is 23.0 Å². The number of rotatable bonds is 10. The van der Waals surface area contributed by atoms with Crippen LogP contribution in [0.5, 0.6) is 0 Å². The highest BCUT2D eigenvalue weighted by molar-refractivity contribution is 5.76. The number of benzene rings is 1. The predicted octanol–water partition coefficient (Wildman–Crippen LogP) is 5.10. The summed E-state index contributed by atoms with van der Waals surface area (Å²) >= 11 is 0. The molecule has 0 saturated heterocycles. The Bertz CT molecular complexity index is 672. The summed E-state index contributed by atoms with van der Waals surface area (Å²) in [6, 6.07) is 4.69. The van der Waals surface area contributed by atoms with Crippen LogP contribution in [0, 0.1) is 5.82 Å². The molecular formula is C19H29FN2O. The highest BCUT2D eigenvalue weighted by atomic mass is 19.1. The molecule has 0 unspecified atom stereocenters. The van der Waals surface area contributed by atoms with Crippen molar-refractivity contribution in [2.75, 3.05) is 0 Å². The highest BCUT2D eigenvalue weighted by Crippen LogP contribution is 2.17. The molecule has 0 bridgehead atoms. The number of nitrogens with zero attached hydrogens (tertiary/aromatic N) is 2. The fraction of sp³-hybridized carbons (Fsp3) is 0.632. The highest BCUT2D eigenvalue weighted by Gasteiger charge is 2.13. The molecular weight excluding hydrogens is 291 g/mol. The summed E-state index contributed by atoms with van der Waals surface area (Å²) in [6.45, 7) is 5.75. The second-order valence-electron chi connectivity index (χ2n) is 6.34. The molecule has 0 N–H and O–H groups in total. The third kappa shape index (κ3) is 4.46. The minimum absolute atomic E-state index is 0.0126. The fourth-order valence-corrected chi connectivity index (χ4v) is 3.12. The van der Waals surface area contributed by atoms with E-state index in [0.717, 1.165) is 43.3 Å². The smallest absolute Gasteiger partial charge is 0.292 e. The van der Waals surface area contributed by atoms with Crippen LogP contribution in [0.25, 0.3) is 11.0 Å². The number of hydrogen-bond donors (Lipinski definition) is 0. The molecule has 1 heterocycles. The maximum atomic E-state index is 13.6. The Morgan fingerprint density at radius 2 is 1.39 bits per heavy atom. The molecule has 1 aromatic heterocycles. The number of fused-ring (bicyclic) bond motifs is 1. The summed E-state index contributed by atoms with van der Waals surface area (Å²) in [5.41, 5.74) is 1.61. The van der Waals surface area contributed by atoms with Crippen LogP contribution in [-0.2, 0) is 13.1 Å². The van der Waals surface area contributed by atoms with Crippen LogP contribution in [0.1, 0.15) is 65.2 Å². The Kier molecular flexibility index (Phi) is 6.87. The van der Waals surface area contributed by atoms with Crippen LogP contribution < -0.4 is 5.69 Å². The van der Waals surface area contributed by atoms with Gasteiger partial charge in [-0.15, -0.1) is 0 Å². The molecule has 1 aromatic carbocycles. The zero-order chi connectivity index (χ0) is 16.7. The normalized spacial score (nSPS) is 11.4. The number of halogens is 1. The van der Waals surface area contributed by atoms with E-state index in [4.69, 9.17) is 0 Å². The van der Waals surface area contributed by atoms with Gasteiger partial charge in [-0.25, -0.2) is 9.18 Å². The van der Waals surface area contributed by atoms with E-state index in [0.29, 0.717) is 6.54 Å². The topological polar surface area (TPSA) is 26.9 Å². The van der Waals surface area contributed by atoms with E-state index in [-0.39, 0.29) is 11.5 Å². The average Bonchev–Trinajstić information content (AvgIpc) is 2.80. The van der Waals surface area contributed by atoms with Crippen molar-refractivity contribution in [3.05, 3.63) is 34.5 Å². The lowest BCUT2D eigenvalue weighted by molar-refractivity contribution is 0.542. The first-order valence-corrected chi connectivity index (χ1v) is 9.07. The fourth-order valence-electron chi connectivity index (χ4n) is 3.12. The average molecular weight is 320 g/mol. The molecule has 0 amide bonds. The Morgan fingerprint density at radius 1 is 0.826 bits per heavy atom. The van der Waals surface area contributed by atoms with Crippen molar-refractivity contribution in [1.82, 2.24) is 9.13 Å². The van der Waals surface area contributed by atoms with Crippen molar-refractivity contribution in [1.29, 1.82) is 0 Å². The van der Waals surface area contributed by atoms with Crippen LogP contribution in [-0.4, -0.2) is 9.13 Å². The van der Waals surface area contributed by atoms with Gasteiger partial charge in [-0.05, 0) is 31.0 Å². The van der Waals surface area contributed by atoms with Crippen LogP contribution in [0.3, 0.4) is 0 Å². The Labute approximate surface area is 138 Å². The molecule has 128 valence electrons. The number of aryl methyl sites for hydroxylation is 2. The lowest BCUT2D eigenvalue weighted by Gasteiger charge is -2.03. The van der Waals surface area contributed by atoms with E-state index in [1.54, 1.807) is 10.6 Å². The predicted molar refractivity (Wildman–Crippen MR) is 94.4 cm³/mol. The minimum atomic E-state index is -0.275. The molecule has 23 heavy (non-hydrogen) atoms. The summed E-state index contributed by atoms with van der Waals surface area (Å²) in [4.78, 5) is 12.7. The first kappa shape index (κ1) is 17.8. The van der Waals surface area contributed by atoms with Gasteiger partial charge in [0.1, 0.15) is 5.82 Å². The summed E-state index contributed by atoms with van der Waals surface area (Å²) in [5.74, 6) is -0.275. The molecule has 2 aromatic rings. The van der Waals surface area contributed by atoms with Crippen molar-refractivity contribution in [2.24, 2.45) is 0 Å². The van der Waals surface area contributed by atoms with E-state index in [2.05, 4.69) is 13.8 Å². The summed E-state index contributed by atoms with van der Waals surface area (Å²) < 4.78 is 17.2. The van der Waals surface area contributed by atoms with Crippen molar-refractivity contribution in [3.63, 3.8) is 0 Å². The van der Waals surface area contributed by atoms with Crippen LogP contribution >= 0.6 is 0 Å². The van der Waals surface area contributed by atoms with E-state index in [1.807, 2.05) is 4.57 Å². The van der Waals surface area contributed by atoms with Gasteiger partial charge in [0.2, 0.25) is 0 Å². The van der Waals surface area contributed by atoms with Gasteiger partial charge in [-0.2, -0.15) is 0 Å². The largest absolute Gasteiger partial charge is 0.329 e. The number of imidazole rings is 1. The Morgan fingerprint density at radius 3 is 1.96 bits per heavy atom. The van der Waals surface area contributed by atoms with E-state index in [1.165, 1.54) is 37.8 Å². The van der Waals surface area contributed by atoms with E-state index in [9.17, 15) is 9.18 Å². The Hall–Kier alpha value is -1.58. The minimum Gasteiger partial charge on any atom is -0.292 e. The molecule has 0 fully saturated rings. The van der Waals surface area contributed by atoms with Crippen molar-refractivity contribution in [2.45, 2.75) is 78.3 Å². The SMILES string of the molecule is CCCCCCn1c(=O)n(CCCCCC)c2cc(F)ccc21. The number of hydrogen-bond acceptors (Lipinski definition) is 1. The van der Waals surface area contributed by atoms with Crippen LogP contribution in [0.2, 0.25) is 0 Å². The maximum absolute atomic E-state index is 13.6. The van der Waals surface area contributed by atoms with Gasteiger partial charge < -0.3 is 0 Å². The standard InChI is InChI=1S/C19H29FN2O/c1-3-5-7-9-13-21-17-12-11-16(20)15-18(17)22(19(21)23)14-10-8-6-4-2/h11-12,15H,3-10,13-14H2,1-2H3. The monoisotopic (exact) mass is 320 g/mol. The molecule has 0 spiro atoms. The summed E-state index contributed by atoms with van der Waals surface area (Å²) in [6.07, 6.45) is 8.94. The number of aromatic nitrogens is 2. The number of unbranched alkanes of at least 4 members (excludes halogenated alkanes) is 6. The van der Waals surface area contributed by atoms with Crippen molar-refractivity contribution in [3.8, 4) is 0 Å². The molecule has 3 nitrogen and oxygen atoms in total. The van der Waals surface area contributed by atoms with Gasteiger partial charge in [0.05, 0.1) is 11.0 Å². The van der Waals surface area contributed by atoms with Crippen molar-refractivity contribution < 1.29 is 4.39 Å². The molecule has 0 atom stereocenters. The molecule has 4 heteroatoms. The third-order valence-corrected chi connectivity index (χ3v) is 4.45. The molecule has 2 rings (SSSR count). The lowest BCUT2D eigenvalue weighted by atomic mass is 10.2. The molecule has 0 aliphatic rings.